The van der Waals surface area contributed by atoms with Crippen molar-refractivity contribution in [3.8, 4) is 10.4 Å². The van der Waals surface area contributed by atoms with Crippen LogP contribution in [0.1, 0.15) is 48.0 Å². The van der Waals surface area contributed by atoms with Crippen molar-refractivity contribution in [2.75, 3.05) is 0 Å². The van der Waals surface area contributed by atoms with Crippen molar-refractivity contribution in [3.63, 3.8) is 0 Å². The molecule has 0 radical (unpaired) electrons. The number of aromatic nitrogens is 3. The minimum atomic E-state index is -0.317. The summed E-state index contributed by atoms with van der Waals surface area (Å²) in [6.45, 7) is 14.8. The monoisotopic (exact) mass is 613 g/mol. The normalized spacial score (nSPS) is 15.7. The molecule has 7 heteroatoms. The third-order valence-electron chi connectivity index (χ3n) is 9.57. The Morgan fingerprint density at radius 1 is 0.689 bits per heavy atom. The fourth-order valence-corrected chi connectivity index (χ4v) is 7.19. The maximum Gasteiger partial charge on any atom is 0.494 e. The standard InChI is InChI=1S/C21H26BNO2.C17H14N2S/c1-6-13-23-18-10-8-7-9-16(18)17-14-15(11-12-19(17)23)22-24-20(2,3)21(4,5)25-22;1-2-19-15-6-4-3-5-13(15)14-9-12(7-8-16(14)19)17-10-18-11-20-17/h7-12,14H,6,13H2,1-5H3;3-11H,2H2,1H3. The topological polar surface area (TPSA) is 41.2 Å². The zero-order valence-electron chi connectivity index (χ0n) is 27.0. The Hall–Kier alpha value is -3.91. The molecule has 0 unspecified atom stereocenters. The Morgan fingerprint density at radius 2 is 1.27 bits per heavy atom. The summed E-state index contributed by atoms with van der Waals surface area (Å²) in [6, 6.07) is 30.6. The number of hydrogen-bond donors (Lipinski definition) is 0. The van der Waals surface area contributed by atoms with E-state index in [-0.39, 0.29) is 18.3 Å². The van der Waals surface area contributed by atoms with Gasteiger partial charge in [-0.2, -0.15) is 0 Å². The first-order valence-corrected chi connectivity index (χ1v) is 16.9. The number of nitrogens with zero attached hydrogens (tertiary/aromatic N) is 3. The number of aryl methyl sites for hydroxylation is 2. The predicted octanol–water partition coefficient (Wildman–Crippen LogP) is 9.44. The van der Waals surface area contributed by atoms with Gasteiger partial charge in [-0.25, -0.2) is 0 Å². The molecule has 0 aliphatic carbocycles. The molecular formula is C38H40BN3O2S. The lowest BCUT2D eigenvalue weighted by Gasteiger charge is -2.32. The van der Waals surface area contributed by atoms with Crippen LogP contribution in [0.4, 0.5) is 0 Å². The molecule has 0 spiro atoms. The molecule has 5 nitrogen and oxygen atoms in total. The van der Waals surface area contributed by atoms with E-state index >= 15 is 0 Å². The van der Waals surface area contributed by atoms with Crippen LogP contribution in [0.25, 0.3) is 54.1 Å². The number of thiazole rings is 1. The Kier molecular flexibility index (Phi) is 7.59. The van der Waals surface area contributed by atoms with E-state index in [2.05, 4.69) is 141 Å². The van der Waals surface area contributed by atoms with Crippen LogP contribution in [0.15, 0.2) is 96.6 Å². The van der Waals surface area contributed by atoms with Gasteiger partial charge in [0, 0.05) is 62.9 Å². The Balaban J connectivity index is 0.000000148. The highest BCUT2D eigenvalue weighted by molar-refractivity contribution is 7.13. The quantitative estimate of drug-likeness (QED) is 0.182. The van der Waals surface area contributed by atoms with Crippen LogP contribution in [0.3, 0.4) is 0 Å². The van der Waals surface area contributed by atoms with Crippen molar-refractivity contribution >= 4 is 67.5 Å². The zero-order chi connectivity index (χ0) is 31.3. The van der Waals surface area contributed by atoms with Crippen LogP contribution >= 0.6 is 11.3 Å². The highest BCUT2D eigenvalue weighted by atomic mass is 32.1. The molecule has 1 aliphatic rings. The summed E-state index contributed by atoms with van der Waals surface area (Å²) in [4.78, 5) is 5.40. The van der Waals surface area contributed by atoms with Crippen molar-refractivity contribution in [2.24, 2.45) is 0 Å². The van der Waals surface area contributed by atoms with Crippen LogP contribution < -0.4 is 5.46 Å². The fraction of sp³-hybridized carbons (Fsp3) is 0.289. The number of fused-ring (bicyclic) bond motifs is 6. The van der Waals surface area contributed by atoms with Gasteiger partial charge >= 0.3 is 7.12 Å². The molecule has 4 heterocycles. The maximum absolute atomic E-state index is 6.24. The van der Waals surface area contributed by atoms with Crippen molar-refractivity contribution < 1.29 is 9.31 Å². The lowest BCUT2D eigenvalue weighted by atomic mass is 9.78. The summed E-state index contributed by atoms with van der Waals surface area (Å²) in [5.41, 5.74) is 8.78. The molecule has 0 N–H and O–H groups in total. The predicted molar refractivity (Wildman–Crippen MR) is 192 cm³/mol. The van der Waals surface area contributed by atoms with E-state index in [1.165, 1.54) is 54.1 Å². The van der Waals surface area contributed by atoms with Crippen LogP contribution in [-0.2, 0) is 22.4 Å². The lowest BCUT2D eigenvalue weighted by molar-refractivity contribution is 0.00578. The van der Waals surface area contributed by atoms with Crippen molar-refractivity contribution in [1.82, 2.24) is 14.1 Å². The molecule has 7 aromatic rings. The summed E-state index contributed by atoms with van der Waals surface area (Å²) in [6.07, 6.45) is 3.05. The van der Waals surface area contributed by atoms with Gasteiger partial charge in [0.25, 0.3) is 0 Å². The van der Waals surface area contributed by atoms with Gasteiger partial charge in [-0.3, -0.25) is 4.98 Å². The van der Waals surface area contributed by atoms with E-state index in [1.807, 2.05) is 11.7 Å². The van der Waals surface area contributed by atoms with Gasteiger partial charge in [0.05, 0.1) is 21.6 Å². The van der Waals surface area contributed by atoms with Crippen molar-refractivity contribution in [1.29, 1.82) is 0 Å². The molecule has 3 aromatic heterocycles. The first kappa shape index (κ1) is 29.8. The van der Waals surface area contributed by atoms with Gasteiger partial charge in [0.15, 0.2) is 0 Å². The first-order chi connectivity index (χ1) is 21.7. The van der Waals surface area contributed by atoms with Gasteiger partial charge < -0.3 is 18.4 Å². The van der Waals surface area contributed by atoms with Crippen LogP contribution in [0.2, 0.25) is 0 Å². The summed E-state index contributed by atoms with van der Waals surface area (Å²) < 4.78 is 17.3. The van der Waals surface area contributed by atoms with Gasteiger partial charge in [-0.15, -0.1) is 11.3 Å². The molecule has 0 saturated carbocycles. The molecule has 45 heavy (non-hydrogen) atoms. The van der Waals surface area contributed by atoms with E-state index in [0.29, 0.717) is 0 Å². The molecule has 1 aliphatic heterocycles. The smallest absolute Gasteiger partial charge is 0.399 e. The zero-order valence-corrected chi connectivity index (χ0v) is 27.8. The van der Waals surface area contributed by atoms with Crippen LogP contribution in [0, 0.1) is 0 Å². The summed E-state index contributed by atoms with van der Waals surface area (Å²) in [5, 5.41) is 5.23. The fourth-order valence-electron chi connectivity index (χ4n) is 6.57. The summed E-state index contributed by atoms with van der Waals surface area (Å²) in [5.74, 6) is 0. The molecule has 8 rings (SSSR count). The van der Waals surface area contributed by atoms with Gasteiger partial charge in [0.2, 0.25) is 0 Å². The third-order valence-corrected chi connectivity index (χ3v) is 10.4. The third kappa shape index (κ3) is 5.07. The Morgan fingerprint density at radius 3 is 1.89 bits per heavy atom. The molecule has 0 atom stereocenters. The summed E-state index contributed by atoms with van der Waals surface area (Å²) >= 11 is 1.68. The van der Waals surface area contributed by atoms with Gasteiger partial charge in [-0.05, 0) is 82.4 Å². The maximum atomic E-state index is 6.24. The molecule has 228 valence electrons. The van der Waals surface area contributed by atoms with E-state index in [0.717, 1.165) is 25.0 Å². The minimum Gasteiger partial charge on any atom is -0.399 e. The second kappa shape index (κ2) is 11.5. The summed E-state index contributed by atoms with van der Waals surface area (Å²) in [7, 11) is -0.317. The minimum absolute atomic E-state index is 0.317. The highest BCUT2D eigenvalue weighted by Crippen LogP contribution is 2.37. The molecule has 1 saturated heterocycles. The van der Waals surface area contributed by atoms with Crippen molar-refractivity contribution in [2.45, 2.75) is 72.3 Å². The average Bonchev–Trinajstić information content (AvgIpc) is 3.80. The number of para-hydroxylation sites is 2. The average molecular weight is 614 g/mol. The number of rotatable bonds is 5. The second-order valence-electron chi connectivity index (χ2n) is 12.9. The van der Waals surface area contributed by atoms with E-state index < -0.39 is 0 Å². The number of benzene rings is 4. The largest absolute Gasteiger partial charge is 0.494 e. The van der Waals surface area contributed by atoms with Gasteiger partial charge in [0.1, 0.15) is 0 Å². The van der Waals surface area contributed by atoms with E-state index in [1.54, 1.807) is 11.3 Å². The SMILES string of the molecule is CCCn1c2ccccc2c2cc(B3OC(C)(C)C(C)(C)O3)ccc21.CCn1c2ccccc2c2cc(-c3cncs3)ccc21. The number of hydrogen-bond acceptors (Lipinski definition) is 4. The molecule has 4 aromatic carbocycles. The van der Waals surface area contributed by atoms with E-state index in [9.17, 15) is 0 Å². The molecule has 0 amide bonds. The Bertz CT molecular complexity index is 2130. The Labute approximate surface area is 269 Å². The second-order valence-corrected chi connectivity index (χ2v) is 13.8. The lowest BCUT2D eigenvalue weighted by Crippen LogP contribution is -2.41. The van der Waals surface area contributed by atoms with E-state index in [4.69, 9.17) is 9.31 Å². The molecule has 0 bridgehead atoms. The van der Waals surface area contributed by atoms with Crippen LogP contribution in [-0.4, -0.2) is 32.4 Å². The highest BCUT2D eigenvalue weighted by Gasteiger charge is 2.51. The first-order valence-electron chi connectivity index (χ1n) is 16.0. The van der Waals surface area contributed by atoms with Gasteiger partial charge in [-0.1, -0.05) is 61.5 Å². The molecule has 1 fully saturated rings. The molecular weight excluding hydrogens is 573 g/mol. The van der Waals surface area contributed by atoms with Crippen LogP contribution in [0.5, 0.6) is 0 Å². The van der Waals surface area contributed by atoms with Crippen molar-refractivity contribution in [3.05, 3.63) is 96.6 Å².